The van der Waals surface area contributed by atoms with E-state index in [1.807, 2.05) is 39.8 Å². The Morgan fingerprint density at radius 2 is 1.85 bits per heavy atom. The van der Waals surface area contributed by atoms with E-state index in [9.17, 15) is 4.79 Å². The molecular formula is C21H24FNO4. The number of carbonyl (C=O) groups is 1. The van der Waals surface area contributed by atoms with Crippen molar-refractivity contribution >= 4 is 6.09 Å². The summed E-state index contributed by atoms with van der Waals surface area (Å²) in [5, 5.41) is 0. The lowest BCUT2D eigenvalue weighted by Crippen LogP contribution is -2.37. The molecule has 2 aromatic rings. The Bertz CT molecular complexity index is 884. The summed E-state index contributed by atoms with van der Waals surface area (Å²) in [6.07, 6.45) is -1.58. The minimum Gasteiger partial charge on any atom is -0.496 e. The molecule has 0 fully saturated rings. The first-order valence-electron chi connectivity index (χ1n) is 8.72. The molecule has 2 aromatic carbocycles. The van der Waals surface area contributed by atoms with Crippen LogP contribution in [-0.2, 0) is 4.74 Å². The second-order valence-corrected chi connectivity index (χ2v) is 7.61. The third-order valence-corrected chi connectivity index (χ3v) is 4.90. The Hall–Kier alpha value is -2.76. The van der Waals surface area contributed by atoms with E-state index in [2.05, 4.69) is 0 Å². The number of amides is 1. The maximum atomic E-state index is 15.0. The number of hydrogen-bond donors (Lipinski definition) is 1. The van der Waals surface area contributed by atoms with Crippen molar-refractivity contribution in [2.45, 2.75) is 33.8 Å². The Labute approximate surface area is 158 Å². The van der Waals surface area contributed by atoms with Crippen molar-refractivity contribution < 1.29 is 23.4 Å². The Balaban J connectivity index is 2.11. The van der Waals surface area contributed by atoms with Crippen molar-refractivity contribution in [2.75, 3.05) is 13.7 Å². The van der Waals surface area contributed by atoms with E-state index in [0.29, 0.717) is 23.5 Å². The van der Waals surface area contributed by atoms with Gasteiger partial charge in [0.15, 0.2) is 0 Å². The number of ether oxygens (including phenoxy) is 3. The van der Waals surface area contributed by atoms with Gasteiger partial charge in [-0.15, -0.1) is 0 Å². The molecule has 144 valence electrons. The van der Waals surface area contributed by atoms with Gasteiger partial charge < -0.3 is 19.9 Å². The molecule has 6 heteroatoms. The molecular weight excluding hydrogens is 349 g/mol. The first kappa shape index (κ1) is 19.0. The number of methoxy groups -OCH3 is 1. The lowest BCUT2D eigenvalue weighted by molar-refractivity contribution is -0.0178. The van der Waals surface area contributed by atoms with Crippen molar-refractivity contribution in [3.05, 3.63) is 46.8 Å². The summed E-state index contributed by atoms with van der Waals surface area (Å²) in [5.41, 5.74) is 8.15. The first-order valence-corrected chi connectivity index (χ1v) is 8.72. The Kier molecular flexibility index (Phi) is 4.76. The minimum atomic E-state index is -0.896. The number of aryl methyl sites for hydroxylation is 2. The molecule has 0 aliphatic carbocycles. The van der Waals surface area contributed by atoms with Gasteiger partial charge in [0.25, 0.3) is 0 Å². The molecule has 0 spiro atoms. The molecule has 1 unspecified atom stereocenters. The Morgan fingerprint density at radius 3 is 2.41 bits per heavy atom. The number of benzene rings is 2. The van der Waals surface area contributed by atoms with Crippen molar-refractivity contribution in [1.29, 1.82) is 0 Å². The van der Waals surface area contributed by atoms with E-state index < -0.39 is 23.4 Å². The van der Waals surface area contributed by atoms with E-state index in [1.165, 1.54) is 6.07 Å². The highest BCUT2D eigenvalue weighted by Gasteiger charge is 2.41. The average Bonchev–Trinajstić information content (AvgIpc) is 2.57. The molecule has 0 saturated heterocycles. The standard InChI is InChI=1S/C21H24FNO4/c1-11-6-13(7-12(2)18(11)25-5)14-9-17-15(8-16(14)22)19(27-20(23)24)21(3,4)10-26-17/h6-9,19H,10H2,1-5H3,(H2,23,24). The van der Waals surface area contributed by atoms with Gasteiger partial charge in [-0.05, 0) is 54.8 Å². The van der Waals surface area contributed by atoms with Crippen molar-refractivity contribution in [2.24, 2.45) is 11.1 Å². The molecule has 1 amide bonds. The van der Waals surface area contributed by atoms with Gasteiger partial charge in [0.1, 0.15) is 23.4 Å². The summed E-state index contributed by atoms with van der Waals surface area (Å²) in [5.74, 6) is 0.852. The normalized spacial score (nSPS) is 17.6. The summed E-state index contributed by atoms with van der Waals surface area (Å²) in [7, 11) is 1.61. The van der Waals surface area contributed by atoms with Crippen LogP contribution in [0.15, 0.2) is 24.3 Å². The summed E-state index contributed by atoms with van der Waals surface area (Å²) in [6, 6.07) is 6.77. The SMILES string of the molecule is COc1c(C)cc(-c2cc3c(cc2F)C(OC(N)=O)C(C)(C)CO3)cc1C. The van der Waals surface area contributed by atoms with Crippen LogP contribution < -0.4 is 15.2 Å². The first-order chi connectivity index (χ1) is 12.6. The quantitative estimate of drug-likeness (QED) is 0.848. The number of fused-ring (bicyclic) bond motifs is 1. The van der Waals surface area contributed by atoms with Gasteiger partial charge in [0.05, 0.1) is 13.7 Å². The number of nitrogens with two attached hydrogens (primary N) is 1. The van der Waals surface area contributed by atoms with E-state index in [4.69, 9.17) is 19.9 Å². The number of rotatable bonds is 3. The lowest BCUT2D eigenvalue weighted by atomic mass is 9.80. The van der Waals surface area contributed by atoms with Crippen LogP contribution in [0.1, 0.15) is 36.6 Å². The number of carbonyl (C=O) groups excluding carboxylic acids is 1. The fourth-order valence-corrected chi connectivity index (χ4v) is 3.65. The number of halogens is 1. The molecule has 2 N–H and O–H groups in total. The lowest BCUT2D eigenvalue weighted by Gasteiger charge is -2.38. The van der Waals surface area contributed by atoms with E-state index >= 15 is 4.39 Å². The molecule has 3 rings (SSSR count). The largest absolute Gasteiger partial charge is 0.496 e. The van der Waals surface area contributed by atoms with Gasteiger partial charge in [-0.1, -0.05) is 13.8 Å². The highest BCUT2D eigenvalue weighted by atomic mass is 19.1. The minimum absolute atomic E-state index is 0.323. The fraction of sp³-hybridized carbons (Fsp3) is 0.381. The van der Waals surface area contributed by atoms with Crippen LogP contribution >= 0.6 is 0 Å². The summed E-state index contributed by atoms with van der Waals surface area (Å²) in [4.78, 5) is 11.3. The zero-order chi connectivity index (χ0) is 19.9. The topological polar surface area (TPSA) is 70.8 Å². The summed E-state index contributed by atoms with van der Waals surface area (Å²) < 4.78 is 31.5. The summed E-state index contributed by atoms with van der Waals surface area (Å²) in [6.45, 7) is 7.92. The molecule has 0 bridgehead atoms. The second kappa shape index (κ2) is 6.76. The van der Waals surface area contributed by atoms with Crippen LogP contribution in [0.3, 0.4) is 0 Å². The molecule has 1 atom stereocenters. The Morgan fingerprint density at radius 1 is 1.22 bits per heavy atom. The predicted molar refractivity (Wildman–Crippen MR) is 101 cm³/mol. The molecule has 0 radical (unpaired) electrons. The zero-order valence-electron chi connectivity index (χ0n) is 16.2. The predicted octanol–water partition coefficient (Wildman–Crippen LogP) is 4.67. The van der Waals surface area contributed by atoms with E-state index in [-0.39, 0.29) is 0 Å². The van der Waals surface area contributed by atoms with Crippen LogP contribution in [0.2, 0.25) is 0 Å². The molecule has 0 saturated carbocycles. The van der Waals surface area contributed by atoms with E-state index in [1.54, 1.807) is 13.2 Å². The number of hydrogen-bond acceptors (Lipinski definition) is 4. The smallest absolute Gasteiger partial charge is 0.405 e. The van der Waals surface area contributed by atoms with Gasteiger partial charge in [0, 0.05) is 16.5 Å². The molecule has 27 heavy (non-hydrogen) atoms. The van der Waals surface area contributed by atoms with Gasteiger partial charge in [-0.2, -0.15) is 0 Å². The van der Waals surface area contributed by atoms with Gasteiger partial charge in [0.2, 0.25) is 0 Å². The van der Waals surface area contributed by atoms with E-state index in [0.717, 1.165) is 22.4 Å². The average molecular weight is 373 g/mol. The third kappa shape index (κ3) is 3.44. The van der Waals surface area contributed by atoms with Crippen LogP contribution in [-0.4, -0.2) is 19.8 Å². The van der Waals surface area contributed by atoms with Gasteiger partial charge >= 0.3 is 6.09 Å². The summed E-state index contributed by atoms with van der Waals surface area (Å²) >= 11 is 0. The highest BCUT2D eigenvalue weighted by molar-refractivity contribution is 5.71. The maximum Gasteiger partial charge on any atom is 0.405 e. The van der Waals surface area contributed by atoms with Crippen LogP contribution in [0.4, 0.5) is 9.18 Å². The molecule has 5 nitrogen and oxygen atoms in total. The molecule has 1 aliphatic heterocycles. The third-order valence-electron chi connectivity index (χ3n) is 4.90. The maximum absolute atomic E-state index is 15.0. The zero-order valence-corrected chi connectivity index (χ0v) is 16.2. The van der Waals surface area contributed by atoms with Crippen molar-refractivity contribution in [3.63, 3.8) is 0 Å². The monoisotopic (exact) mass is 373 g/mol. The van der Waals surface area contributed by atoms with Crippen molar-refractivity contribution in [3.8, 4) is 22.6 Å². The van der Waals surface area contributed by atoms with Crippen LogP contribution in [0.25, 0.3) is 11.1 Å². The second-order valence-electron chi connectivity index (χ2n) is 7.61. The molecule has 1 aliphatic rings. The molecule has 0 aromatic heterocycles. The van der Waals surface area contributed by atoms with Gasteiger partial charge in [-0.25, -0.2) is 9.18 Å². The van der Waals surface area contributed by atoms with Crippen molar-refractivity contribution in [1.82, 2.24) is 0 Å². The fourth-order valence-electron chi connectivity index (χ4n) is 3.65. The van der Waals surface area contributed by atoms with Gasteiger partial charge in [-0.3, -0.25) is 0 Å². The molecule has 1 heterocycles. The van der Waals surface area contributed by atoms with Crippen LogP contribution in [0.5, 0.6) is 11.5 Å². The highest BCUT2D eigenvalue weighted by Crippen LogP contribution is 2.47. The number of primary amides is 1. The van der Waals surface area contributed by atoms with Crippen LogP contribution in [0, 0.1) is 25.1 Å².